The fourth-order valence-corrected chi connectivity index (χ4v) is 3.11. The van der Waals surface area contributed by atoms with E-state index in [1.54, 1.807) is 27.7 Å². The molecule has 2 atom stereocenters. The minimum Gasteiger partial charge on any atom is -0.598 e. The molecule has 1 unspecified atom stereocenters. The van der Waals surface area contributed by atoms with Crippen LogP contribution in [0, 0.1) is 0 Å². The van der Waals surface area contributed by atoms with Crippen LogP contribution in [0.1, 0.15) is 51.3 Å². The number of aromatic nitrogens is 1. The largest absolute Gasteiger partial charge is 0.598 e. The molecule has 132 valence electrons. The van der Waals surface area contributed by atoms with Gasteiger partial charge in [0, 0.05) is 28.5 Å². The van der Waals surface area contributed by atoms with Crippen molar-refractivity contribution in [3.05, 3.63) is 35.5 Å². The van der Waals surface area contributed by atoms with E-state index in [0.29, 0.717) is 5.56 Å². The quantitative estimate of drug-likeness (QED) is 0.802. The Morgan fingerprint density at radius 3 is 2.50 bits per heavy atom. The van der Waals surface area contributed by atoms with Gasteiger partial charge in [0.15, 0.2) is 0 Å². The number of hydrogen-bond donors (Lipinski definition) is 2. The molecule has 1 aromatic heterocycles. The molecule has 5 nitrogen and oxygen atoms in total. The molecular weight excluding hydrogens is 338 g/mol. The molecule has 0 radical (unpaired) electrons. The van der Waals surface area contributed by atoms with Crippen LogP contribution >= 0.6 is 0 Å². The van der Waals surface area contributed by atoms with Gasteiger partial charge in [0.1, 0.15) is 4.75 Å². The molecular formula is C16H20F2N2O3S. The Balaban J connectivity index is 2.50. The summed E-state index contributed by atoms with van der Waals surface area (Å²) in [6.45, 7) is 7.10. The van der Waals surface area contributed by atoms with Gasteiger partial charge >= 0.3 is 6.09 Å². The fourth-order valence-electron chi connectivity index (χ4n) is 2.30. The molecule has 0 saturated heterocycles. The Kier molecular flexibility index (Phi) is 5.22. The summed E-state index contributed by atoms with van der Waals surface area (Å²) in [5.41, 5.74) is 0.403. The summed E-state index contributed by atoms with van der Waals surface area (Å²) in [4.78, 5) is 11.3. The van der Waals surface area contributed by atoms with E-state index in [2.05, 4.69) is 4.72 Å². The minimum absolute atomic E-state index is 0.186. The maximum absolute atomic E-state index is 13.4. The average molecular weight is 358 g/mol. The third kappa shape index (κ3) is 3.71. The van der Waals surface area contributed by atoms with Crippen molar-refractivity contribution < 1.29 is 23.2 Å². The maximum atomic E-state index is 13.4. The van der Waals surface area contributed by atoms with Crippen LogP contribution in [0.15, 0.2) is 24.4 Å². The summed E-state index contributed by atoms with van der Waals surface area (Å²) in [5.74, 6) is 0. The predicted molar refractivity (Wildman–Crippen MR) is 89.8 cm³/mol. The third-order valence-corrected chi connectivity index (χ3v) is 5.32. The van der Waals surface area contributed by atoms with E-state index in [1.165, 1.54) is 24.4 Å². The van der Waals surface area contributed by atoms with Crippen molar-refractivity contribution in [2.45, 2.75) is 44.9 Å². The highest BCUT2D eigenvalue weighted by Crippen LogP contribution is 2.32. The Morgan fingerprint density at radius 1 is 1.38 bits per heavy atom. The van der Waals surface area contributed by atoms with Crippen molar-refractivity contribution in [3.63, 3.8) is 0 Å². The van der Waals surface area contributed by atoms with Crippen LogP contribution in [0.3, 0.4) is 0 Å². The van der Waals surface area contributed by atoms with Crippen LogP contribution in [-0.4, -0.2) is 25.1 Å². The minimum atomic E-state index is -2.74. The SMILES string of the molecule is C[C@@H](N[S+]([O-])C(C)(C)C)c1cc(C(F)F)c2ccn(C(=O)O)c2c1. The second-order valence-electron chi connectivity index (χ2n) is 6.53. The van der Waals surface area contributed by atoms with Gasteiger partial charge in [0.2, 0.25) is 0 Å². The van der Waals surface area contributed by atoms with Crippen molar-refractivity contribution in [1.29, 1.82) is 0 Å². The first-order chi connectivity index (χ1) is 11.0. The first kappa shape index (κ1) is 18.7. The van der Waals surface area contributed by atoms with Gasteiger partial charge in [-0.1, -0.05) is 0 Å². The van der Waals surface area contributed by atoms with E-state index < -0.39 is 34.7 Å². The highest BCUT2D eigenvalue weighted by atomic mass is 32.2. The maximum Gasteiger partial charge on any atom is 0.415 e. The van der Waals surface area contributed by atoms with E-state index in [-0.39, 0.29) is 16.5 Å². The number of nitrogens with one attached hydrogen (secondary N) is 1. The molecule has 2 rings (SSSR count). The second-order valence-corrected chi connectivity index (χ2v) is 8.53. The Morgan fingerprint density at radius 2 is 2.00 bits per heavy atom. The molecule has 24 heavy (non-hydrogen) atoms. The van der Waals surface area contributed by atoms with E-state index >= 15 is 0 Å². The molecule has 0 aliphatic heterocycles. The van der Waals surface area contributed by atoms with Crippen LogP contribution in [0.4, 0.5) is 13.6 Å². The number of halogens is 2. The first-order valence-corrected chi connectivity index (χ1v) is 8.51. The van der Waals surface area contributed by atoms with Gasteiger partial charge in [-0.2, -0.15) is 0 Å². The predicted octanol–water partition coefficient (Wildman–Crippen LogP) is 4.22. The summed E-state index contributed by atoms with van der Waals surface area (Å²) in [6, 6.07) is 3.74. The normalized spacial score (nSPS) is 15.0. The number of rotatable bonds is 4. The van der Waals surface area contributed by atoms with Gasteiger partial charge in [0.25, 0.3) is 6.43 Å². The van der Waals surface area contributed by atoms with Gasteiger partial charge in [-0.05, 0) is 51.5 Å². The van der Waals surface area contributed by atoms with Crippen molar-refractivity contribution >= 4 is 28.4 Å². The monoisotopic (exact) mass is 358 g/mol. The lowest BCUT2D eigenvalue weighted by Crippen LogP contribution is -2.40. The molecule has 0 amide bonds. The first-order valence-electron chi connectivity index (χ1n) is 7.36. The Hall–Kier alpha value is -1.64. The van der Waals surface area contributed by atoms with Crippen LogP contribution < -0.4 is 4.72 Å². The van der Waals surface area contributed by atoms with Crippen molar-refractivity contribution in [1.82, 2.24) is 9.29 Å². The van der Waals surface area contributed by atoms with Crippen molar-refractivity contribution in [2.24, 2.45) is 0 Å². The van der Waals surface area contributed by atoms with E-state index in [1.807, 2.05) is 0 Å². The van der Waals surface area contributed by atoms with Crippen LogP contribution in [0.2, 0.25) is 0 Å². The fraction of sp³-hybridized carbons (Fsp3) is 0.438. The molecule has 2 N–H and O–H groups in total. The highest BCUT2D eigenvalue weighted by Gasteiger charge is 2.29. The van der Waals surface area contributed by atoms with E-state index in [4.69, 9.17) is 0 Å². The molecule has 0 fully saturated rings. The van der Waals surface area contributed by atoms with Crippen molar-refractivity contribution in [3.8, 4) is 0 Å². The number of fused-ring (bicyclic) bond motifs is 1. The summed E-state index contributed by atoms with van der Waals surface area (Å²) < 4.78 is 42.2. The zero-order chi connectivity index (χ0) is 18.2. The second kappa shape index (κ2) is 6.70. The van der Waals surface area contributed by atoms with Gasteiger partial charge in [-0.25, -0.2) is 13.6 Å². The standard InChI is InChI=1S/C16H20F2N2O3S/c1-9(19-24(23)16(2,3)4)10-7-12(14(17)18)11-5-6-20(15(21)22)13(11)8-10/h5-9,14,19H,1-4H3,(H,21,22)/t9-,24?/m1/s1. The van der Waals surface area contributed by atoms with Crippen molar-refractivity contribution in [2.75, 3.05) is 0 Å². The lowest BCUT2D eigenvalue weighted by atomic mass is 10.0. The summed E-state index contributed by atoms with van der Waals surface area (Å²) in [7, 11) is 0. The molecule has 0 spiro atoms. The molecule has 0 aliphatic carbocycles. The van der Waals surface area contributed by atoms with Crippen LogP contribution in [0.5, 0.6) is 0 Å². The van der Waals surface area contributed by atoms with E-state index in [9.17, 15) is 23.2 Å². The van der Waals surface area contributed by atoms with E-state index in [0.717, 1.165) is 4.57 Å². The number of benzene rings is 1. The highest BCUT2D eigenvalue weighted by molar-refractivity contribution is 7.90. The zero-order valence-corrected chi connectivity index (χ0v) is 14.7. The lowest BCUT2D eigenvalue weighted by molar-refractivity contribution is 0.153. The molecule has 0 aliphatic rings. The number of hydrogen-bond acceptors (Lipinski definition) is 3. The number of carboxylic acid groups (broad SMARTS) is 1. The lowest BCUT2D eigenvalue weighted by Gasteiger charge is -2.26. The summed E-state index contributed by atoms with van der Waals surface area (Å²) in [6.07, 6.45) is -2.74. The van der Waals surface area contributed by atoms with Gasteiger partial charge in [-0.15, -0.1) is 4.72 Å². The molecule has 1 heterocycles. The Bertz CT molecular complexity index is 756. The topological polar surface area (TPSA) is 77.3 Å². The third-order valence-electron chi connectivity index (χ3n) is 3.64. The Labute approximate surface area is 142 Å². The smallest absolute Gasteiger partial charge is 0.415 e. The number of nitrogens with zero attached hydrogens (tertiary/aromatic N) is 1. The van der Waals surface area contributed by atoms with Gasteiger partial charge in [-0.3, -0.25) is 4.57 Å². The zero-order valence-electron chi connectivity index (χ0n) is 13.8. The summed E-state index contributed by atoms with van der Waals surface area (Å²) >= 11 is -1.38. The van der Waals surface area contributed by atoms with Gasteiger partial charge < -0.3 is 9.66 Å². The summed E-state index contributed by atoms with van der Waals surface area (Å²) in [5, 5.41) is 9.39. The average Bonchev–Trinajstić information content (AvgIpc) is 2.88. The van der Waals surface area contributed by atoms with Crippen LogP contribution in [-0.2, 0) is 11.4 Å². The number of alkyl halides is 2. The van der Waals surface area contributed by atoms with Gasteiger partial charge in [0.05, 0.1) is 11.6 Å². The molecule has 0 bridgehead atoms. The molecule has 2 aromatic rings. The molecule has 1 aromatic carbocycles. The van der Waals surface area contributed by atoms with Crippen LogP contribution in [0.25, 0.3) is 10.9 Å². The number of carbonyl (C=O) groups is 1. The molecule has 0 saturated carbocycles. The molecule has 8 heteroatoms.